The number of primary amides is 1. The number of methoxy groups -OCH3 is 1. The molecule has 0 spiro atoms. The van der Waals surface area contributed by atoms with E-state index in [0.717, 1.165) is 11.3 Å². The van der Waals surface area contributed by atoms with Crippen molar-refractivity contribution in [1.29, 1.82) is 0 Å². The molecule has 1 unspecified atom stereocenters. The Morgan fingerprint density at radius 3 is 2.76 bits per heavy atom. The van der Waals surface area contributed by atoms with E-state index in [-0.39, 0.29) is 0 Å². The van der Waals surface area contributed by atoms with Gasteiger partial charge in [0.1, 0.15) is 10.9 Å². The highest BCUT2D eigenvalue weighted by atomic mass is 32.2. The van der Waals surface area contributed by atoms with Gasteiger partial charge in [-0.25, -0.2) is 9.59 Å². The van der Waals surface area contributed by atoms with E-state index in [1.54, 1.807) is 23.2 Å². The van der Waals surface area contributed by atoms with Gasteiger partial charge in [0.25, 0.3) is 0 Å². The molecule has 1 heterocycles. The highest BCUT2D eigenvalue weighted by Crippen LogP contribution is 2.23. The van der Waals surface area contributed by atoms with Crippen LogP contribution in [0.4, 0.5) is 10.5 Å². The van der Waals surface area contributed by atoms with Crippen LogP contribution in [0.2, 0.25) is 0 Å². The molecule has 1 atom stereocenters. The third-order valence-electron chi connectivity index (χ3n) is 2.54. The summed E-state index contributed by atoms with van der Waals surface area (Å²) in [5.74, 6) is -0.262. The molecule has 0 saturated carbocycles. The third kappa shape index (κ3) is 5.27. The van der Waals surface area contributed by atoms with E-state index < -0.39 is 23.9 Å². The van der Waals surface area contributed by atoms with Crippen LogP contribution in [-0.4, -0.2) is 43.1 Å². The fourth-order valence-electron chi connectivity index (χ4n) is 1.55. The van der Waals surface area contributed by atoms with E-state index in [1.807, 2.05) is 6.26 Å². The zero-order valence-electron chi connectivity index (χ0n) is 11.7. The van der Waals surface area contributed by atoms with Gasteiger partial charge in [-0.1, -0.05) is 0 Å². The molecule has 1 aromatic heterocycles. The molecule has 4 N–H and O–H groups in total. The van der Waals surface area contributed by atoms with E-state index in [1.165, 1.54) is 7.11 Å². The summed E-state index contributed by atoms with van der Waals surface area (Å²) in [6.45, 7) is 0. The average Bonchev–Trinajstić information content (AvgIpc) is 2.90. The van der Waals surface area contributed by atoms with E-state index in [4.69, 9.17) is 5.73 Å². The second-order valence-electron chi connectivity index (χ2n) is 3.99. The fraction of sp³-hybridized carbons (Fsp3) is 0.417. The predicted octanol–water partition coefficient (Wildman–Crippen LogP) is 1.26. The maximum absolute atomic E-state index is 12.2. The number of urea groups is 1. The molecule has 3 amide bonds. The molecule has 0 bridgehead atoms. The van der Waals surface area contributed by atoms with Gasteiger partial charge in [0.2, 0.25) is 5.91 Å². The summed E-state index contributed by atoms with van der Waals surface area (Å²) >= 11 is 2.71. The maximum atomic E-state index is 12.2. The van der Waals surface area contributed by atoms with Crippen molar-refractivity contribution >= 4 is 46.7 Å². The number of carbonyl (C=O) groups is 3. The molecule has 0 fully saturated rings. The Hall–Kier alpha value is -1.74. The van der Waals surface area contributed by atoms with Crippen molar-refractivity contribution in [2.75, 3.05) is 24.4 Å². The smallest absolute Gasteiger partial charge is 0.350 e. The first-order valence-corrected chi connectivity index (χ1v) is 8.28. The quantitative estimate of drug-likeness (QED) is 0.652. The highest BCUT2D eigenvalue weighted by molar-refractivity contribution is 7.98. The summed E-state index contributed by atoms with van der Waals surface area (Å²) in [7, 11) is 1.27. The van der Waals surface area contributed by atoms with Gasteiger partial charge in [0.05, 0.1) is 12.8 Å². The third-order valence-corrected chi connectivity index (χ3v) is 4.08. The van der Waals surface area contributed by atoms with Crippen LogP contribution in [0, 0.1) is 0 Å². The lowest BCUT2D eigenvalue weighted by molar-refractivity contribution is -0.117. The Bertz CT molecular complexity index is 518. The minimum absolute atomic E-state index is 0.300. The van der Waals surface area contributed by atoms with Crippen molar-refractivity contribution in [3.05, 3.63) is 16.3 Å². The van der Waals surface area contributed by atoms with Crippen LogP contribution >= 0.6 is 23.1 Å². The number of nitrogens with one attached hydrogen (secondary N) is 2. The van der Waals surface area contributed by atoms with Crippen LogP contribution in [0.1, 0.15) is 16.1 Å². The molecular weight excluding hydrogens is 314 g/mol. The van der Waals surface area contributed by atoms with Crippen LogP contribution in [-0.2, 0) is 9.53 Å². The van der Waals surface area contributed by atoms with Crippen molar-refractivity contribution in [2.24, 2.45) is 5.73 Å². The number of hydrogen-bond acceptors (Lipinski definition) is 6. The second-order valence-corrected chi connectivity index (χ2v) is 5.89. The Labute approximate surface area is 130 Å². The van der Waals surface area contributed by atoms with Crippen LogP contribution in [0.5, 0.6) is 0 Å². The lowest BCUT2D eigenvalue weighted by atomic mass is 10.2. The van der Waals surface area contributed by atoms with Crippen molar-refractivity contribution in [3.63, 3.8) is 0 Å². The molecule has 0 aromatic carbocycles. The van der Waals surface area contributed by atoms with Crippen LogP contribution in [0.15, 0.2) is 11.4 Å². The van der Waals surface area contributed by atoms with E-state index >= 15 is 0 Å². The number of anilines is 1. The summed E-state index contributed by atoms with van der Waals surface area (Å²) in [5.41, 5.74) is 5.43. The van der Waals surface area contributed by atoms with Gasteiger partial charge in [0, 0.05) is 0 Å². The molecule has 0 aliphatic heterocycles. The van der Waals surface area contributed by atoms with Crippen molar-refractivity contribution < 1.29 is 19.1 Å². The number of thiophene rings is 1. The number of hydrogen-bond donors (Lipinski definition) is 3. The van der Waals surface area contributed by atoms with E-state index in [9.17, 15) is 14.4 Å². The number of amides is 3. The first kappa shape index (κ1) is 17.3. The minimum Gasteiger partial charge on any atom is -0.465 e. The first-order chi connectivity index (χ1) is 9.99. The molecule has 0 saturated heterocycles. The number of carbonyl (C=O) groups excluding carboxylic acids is 3. The Kier molecular flexibility index (Phi) is 7.03. The van der Waals surface area contributed by atoms with Gasteiger partial charge in [-0.05, 0) is 29.9 Å². The van der Waals surface area contributed by atoms with Crippen LogP contribution in [0.25, 0.3) is 0 Å². The normalized spacial score (nSPS) is 11.5. The standard InChI is InChI=1S/C12H17N3O4S2/c1-19-11(17)9-7(4-6-21-9)14-10(16)8(3-5-20-2)15-12(13)18/h4,6,8H,3,5H2,1-2H3,(H,14,16)(H3,13,15,18). The Morgan fingerprint density at radius 1 is 1.48 bits per heavy atom. The topological polar surface area (TPSA) is 111 Å². The lowest BCUT2D eigenvalue weighted by Gasteiger charge is -2.16. The van der Waals surface area contributed by atoms with Gasteiger partial charge in [-0.3, -0.25) is 4.79 Å². The lowest BCUT2D eigenvalue weighted by Crippen LogP contribution is -2.46. The van der Waals surface area contributed by atoms with Gasteiger partial charge >= 0.3 is 12.0 Å². The Balaban J connectivity index is 2.78. The average molecular weight is 331 g/mol. The number of nitrogens with two attached hydrogens (primary N) is 1. The molecule has 7 nitrogen and oxygen atoms in total. The van der Waals surface area contributed by atoms with E-state index in [0.29, 0.717) is 22.7 Å². The molecule has 1 aromatic rings. The molecule has 0 aliphatic rings. The molecule has 0 aliphatic carbocycles. The first-order valence-electron chi connectivity index (χ1n) is 6.01. The van der Waals surface area contributed by atoms with Crippen molar-refractivity contribution in [1.82, 2.24) is 5.32 Å². The molecule has 21 heavy (non-hydrogen) atoms. The van der Waals surface area contributed by atoms with Gasteiger partial charge in [-0.2, -0.15) is 11.8 Å². The number of esters is 1. The fourth-order valence-corrected chi connectivity index (χ4v) is 2.79. The zero-order chi connectivity index (χ0) is 15.8. The Morgan fingerprint density at radius 2 is 2.19 bits per heavy atom. The highest BCUT2D eigenvalue weighted by Gasteiger charge is 2.22. The molecule has 1 rings (SSSR count). The van der Waals surface area contributed by atoms with Gasteiger partial charge in [-0.15, -0.1) is 11.3 Å². The summed E-state index contributed by atoms with van der Waals surface area (Å²) < 4.78 is 4.63. The van der Waals surface area contributed by atoms with Crippen molar-refractivity contribution in [3.8, 4) is 0 Å². The molecule has 9 heteroatoms. The summed E-state index contributed by atoms with van der Waals surface area (Å²) in [5, 5.41) is 6.67. The van der Waals surface area contributed by atoms with Gasteiger partial charge in [0.15, 0.2) is 0 Å². The van der Waals surface area contributed by atoms with Crippen LogP contribution in [0.3, 0.4) is 0 Å². The summed E-state index contributed by atoms with van der Waals surface area (Å²) in [6.07, 6.45) is 2.33. The molecular formula is C12H17N3O4S2. The van der Waals surface area contributed by atoms with E-state index in [2.05, 4.69) is 15.4 Å². The largest absolute Gasteiger partial charge is 0.465 e. The number of rotatable bonds is 7. The van der Waals surface area contributed by atoms with Crippen LogP contribution < -0.4 is 16.4 Å². The maximum Gasteiger partial charge on any atom is 0.350 e. The summed E-state index contributed by atoms with van der Waals surface area (Å²) in [4.78, 5) is 35.0. The second kappa shape index (κ2) is 8.53. The monoisotopic (exact) mass is 331 g/mol. The van der Waals surface area contributed by atoms with Crippen molar-refractivity contribution in [2.45, 2.75) is 12.5 Å². The molecule has 0 radical (unpaired) electrons. The number of ether oxygens (including phenoxy) is 1. The molecule has 116 valence electrons. The SMILES string of the molecule is COC(=O)c1sccc1NC(=O)C(CCSC)NC(N)=O. The minimum atomic E-state index is -0.769. The number of thioether (sulfide) groups is 1. The van der Waals surface area contributed by atoms with Gasteiger partial charge < -0.3 is 21.1 Å². The zero-order valence-corrected chi connectivity index (χ0v) is 13.3. The predicted molar refractivity (Wildman–Crippen MR) is 83.8 cm³/mol. The summed E-state index contributed by atoms with van der Waals surface area (Å²) in [6, 6.07) is 0.0835.